The lowest BCUT2D eigenvalue weighted by atomic mass is 10.2. The Bertz CT molecular complexity index is 337. The van der Waals surface area contributed by atoms with Gasteiger partial charge < -0.3 is 10.6 Å². The zero-order valence-electron chi connectivity index (χ0n) is 9.59. The largest absolute Gasteiger partial charge is 0.326 e. The molecule has 16 heavy (non-hydrogen) atoms. The highest BCUT2D eigenvalue weighted by Gasteiger charge is 2.07. The van der Waals surface area contributed by atoms with Gasteiger partial charge in [-0.3, -0.25) is 4.79 Å². The minimum atomic E-state index is -0.306. The zero-order valence-corrected chi connectivity index (χ0v) is 9.59. The van der Waals surface area contributed by atoms with Crippen molar-refractivity contribution in [3.05, 3.63) is 30.1 Å². The van der Waals surface area contributed by atoms with Crippen LogP contribution in [0.2, 0.25) is 0 Å². The van der Waals surface area contributed by atoms with Crippen LogP contribution >= 0.6 is 0 Å². The van der Waals surface area contributed by atoms with E-state index in [4.69, 9.17) is 0 Å². The van der Waals surface area contributed by atoms with Gasteiger partial charge in [0.2, 0.25) is 5.91 Å². The molecule has 0 aliphatic rings. The molecule has 1 unspecified atom stereocenters. The Morgan fingerprint density at radius 2 is 2.00 bits per heavy atom. The fraction of sp³-hybridized carbons (Fsp3) is 0.417. The Morgan fingerprint density at radius 3 is 2.56 bits per heavy atom. The van der Waals surface area contributed by atoms with Gasteiger partial charge in [0.1, 0.15) is 5.82 Å². The van der Waals surface area contributed by atoms with E-state index >= 15 is 0 Å². The van der Waals surface area contributed by atoms with Gasteiger partial charge in [0, 0.05) is 18.2 Å². The molecule has 1 aromatic carbocycles. The molecule has 0 fully saturated rings. The fourth-order valence-corrected chi connectivity index (χ4v) is 1.44. The third kappa shape index (κ3) is 4.40. The van der Waals surface area contributed by atoms with E-state index in [0.29, 0.717) is 12.1 Å². The molecule has 1 atom stereocenters. The molecule has 0 saturated carbocycles. The van der Waals surface area contributed by atoms with Crippen LogP contribution in [0.4, 0.5) is 10.1 Å². The Balaban J connectivity index is 2.42. The van der Waals surface area contributed by atoms with Crippen LogP contribution in [0.3, 0.4) is 0 Å². The number of carbonyl (C=O) groups excluding carboxylic acids is 1. The lowest BCUT2D eigenvalue weighted by molar-refractivity contribution is -0.116. The number of benzene rings is 1. The Kier molecular flexibility index (Phi) is 4.92. The summed E-state index contributed by atoms with van der Waals surface area (Å²) < 4.78 is 12.6. The first-order valence-electron chi connectivity index (χ1n) is 5.40. The highest BCUT2D eigenvalue weighted by atomic mass is 19.1. The van der Waals surface area contributed by atoms with Gasteiger partial charge in [-0.1, -0.05) is 6.92 Å². The predicted octanol–water partition coefficient (Wildman–Crippen LogP) is 2.15. The van der Waals surface area contributed by atoms with Crippen LogP contribution in [-0.2, 0) is 4.79 Å². The summed E-state index contributed by atoms with van der Waals surface area (Å²) in [4.78, 5) is 11.5. The smallest absolute Gasteiger partial charge is 0.225 e. The van der Waals surface area contributed by atoms with E-state index in [2.05, 4.69) is 10.6 Å². The van der Waals surface area contributed by atoms with Gasteiger partial charge in [-0.2, -0.15) is 0 Å². The first kappa shape index (κ1) is 12.6. The van der Waals surface area contributed by atoms with Gasteiger partial charge in [0.25, 0.3) is 0 Å². The fourth-order valence-electron chi connectivity index (χ4n) is 1.44. The summed E-state index contributed by atoms with van der Waals surface area (Å²) in [5.74, 6) is -0.376. The molecule has 0 aliphatic carbocycles. The molecule has 0 aromatic heterocycles. The number of nitrogens with one attached hydrogen (secondary N) is 2. The Labute approximate surface area is 95.0 Å². The molecule has 3 nitrogen and oxygen atoms in total. The van der Waals surface area contributed by atoms with Crippen LogP contribution in [0, 0.1) is 5.82 Å². The molecule has 0 aliphatic heterocycles. The van der Waals surface area contributed by atoms with Crippen LogP contribution < -0.4 is 10.6 Å². The molecule has 0 saturated heterocycles. The molecule has 4 heteroatoms. The molecule has 1 aromatic rings. The van der Waals surface area contributed by atoms with Crippen molar-refractivity contribution in [2.75, 3.05) is 11.9 Å². The summed E-state index contributed by atoms with van der Waals surface area (Å²) in [5.41, 5.74) is 0.620. The number of hydrogen-bond donors (Lipinski definition) is 2. The van der Waals surface area contributed by atoms with Crippen LogP contribution in [-0.4, -0.2) is 18.5 Å². The Morgan fingerprint density at radius 1 is 1.38 bits per heavy atom. The van der Waals surface area contributed by atoms with Gasteiger partial charge in [-0.25, -0.2) is 4.39 Å². The zero-order chi connectivity index (χ0) is 12.0. The average molecular weight is 224 g/mol. The monoisotopic (exact) mass is 224 g/mol. The molecule has 0 spiro atoms. The van der Waals surface area contributed by atoms with E-state index in [1.54, 1.807) is 12.1 Å². The first-order chi connectivity index (χ1) is 7.61. The van der Waals surface area contributed by atoms with E-state index in [9.17, 15) is 9.18 Å². The van der Waals surface area contributed by atoms with Crippen molar-refractivity contribution in [1.82, 2.24) is 5.32 Å². The van der Waals surface area contributed by atoms with Crippen molar-refractivity contribution in [1.29, 1.82) is 0 Å². The predicted molar refractivity (Wildman–Crippen MR) is 62.8 cm³/mol. The van der Waals surface area contributed by atoms with Crippen LogP contribution in [0.25, 0.3) is 0 Å². The molecular formula is C12H17FN2O. The van der Waals surface area contributed by atoms with Crippen molar-refractivity contribution in [2.45, 2.75) is 26.3 Å². The minimum Gasteiger partial charge on any atom is -0.326 e. The second kappa shape index (κ2) is 6.23. The highest BCUT2D eigenvalue weighted by molar-refractivity contribution is 5.90. The molecule has 1 amide bonds. The summed E-state index contributed by atoms with van der Waals surface area (Å²) >= 11 is 0. The quantitative estimate of drug-likeness (QED) is 0.804. The van der Waals surface area contributed by atoms with Crippen molar-refractivity contribution in [3.63, 3.8) is 0 Å². The number of carbonyl (C=O) groups is 1. The van der Waals surface area contributed by atoms with E-state index < -0.39 is 0 Å². The third-order valence-electron chi connectivity index (χ3n) is 2.17. The molecule has 0 radical (unpaired) electrons. The van der Waals surface area contributed by atoms with E-state index in [1.165, 1.54) is 12.1 Å². The minimum absolute atomic E-state index is 0.0694. The van der Waals surface area contributed by atoms with Crippen LogP contribution in [0.15, 0.2) is 24.3 Å². The lowest BCUT2D eigenvalue weighted by Gasteiger charge is -2.12. The van der Waals surface area contributed by atoms with Crippen molar-refractivity contribution in [2.24, 2.45) is 0 Å². The number of anilines is 1. The molecule has 2 N–H and O–H groups in total. The van der Waals surface area contributed by atoms with E-state index in [-0.39, 0.29) is 17.8 Å². The average Bonchev–Trinajstić information content (AvgIpc) is 2.21. The maximum absolute atomic E-state index is 12.6. The highest BCUT2D eigenvalue weighted by Crippen LogP contribution is 2.08. The summed E-state index contributed by atoms with van der Waals surface area (Å²) in [5, 5.41) is 5.86. The SMILES string of the molecule is CCNC(C)CC(=O)Nc1ccc(F)cc1. The standard InChI is InChI=1S/C12H17FN2O/c1-3-14-9(2)8-12(16)15-11-6-4-10(13)5-7-11/h4-7,9,14H,3,8H2,1-2H3,(H,15,16). The second-order valence-electron chi connectivity index (χ2n) is 3.72. The van der Waals surface area contributed by atoms with Crippen LogP contribution in [0.5, 0.6) is 0 Å². The van der Waals surface area contributed by atoms with Gasteiger partial charge in [-0.15, -0.1) is 0 Å². The molecule has 1 rings (SSSR count). The summed E-state index contributed by atoms with van der Waals surface area (Å²) in [6.07, 6.45) is 0.408. The number of hydrogen-bond acceptors (Lipinski definition) is 2. The molecular weight excluding hydrogens is 207 g/mol. The Hall–Kier alpha value is -1.42. The number of rotatable bonds is 5. The van der Waals surface area contributed by atoms with Crippen molar-refractivity contribution >= 4 is 11.6 Å². The maximum Gasteiger partial charge on any atom is 0.225 e. The summed E-state index contributed by atoms with van der Waals surface area (Å²) in [7, 11) is 0. The van der Waals surface area contributed by atoms with Crippen LogP contribution in [0.1, 0.15) is 20.3 Å². The second-order valence-corrected chi connectivity index (χ2v) is 3.72. The summed E-state index contributed by atoms with van der Waals surface area (Å²) in [6.45, 7) is 4.78. The topological polar surface area (TPSA) is 41.1 Å². The molecule has 0 heterocycles. The number of amides is 1. The molecule has 88 valence electrons. The van der Waals surface area contributed by atoms with Gasteiger partial charge in [0.15, 0.2) is 0 Å². The maximum atomic E-state index is 12.6. The third-order valence-corrected chi connectivity index (χ3v) is 2.17. The van der Waals surface area contributed by atoms with Gasteiger partial charge in [-0.05, 0) is 37.7 Å². The van der Waals surface area contributed by atoms with E-state index in [1.807, 2.05) is 13.8 Å². The van der Waals surface area contributed by atoms with Crippen molar-refractivity contribution < 1.29 is 9.18 Å². The number of halogens is 1. The first-order valence-corrected chi connectivity index (χ1v) is 5.40. The lowest BCUT2D eigenvalue weighted by Crippen LogP contribution is -2.30. The normalized spacial score (nSPS) is 12.2. The van der Waals surface area contributed by atoms with Gasteiger partial charge >= 0.3 is 0 Å². The summed E-state index contributed by atoms with van der Waals surface area (Å²) in [6, 6.07) is 5.88. The van der Waals surface area contributed by atoms with Gasteiger partial charge in [0.05, 0.1) is 0 Å². The molecule has 0 bridgehead atoms. The van der Waals surface area contributed by atoms with Crippen molar-refractivity contribution in [3.8, 4) is 0 Å². The van der Waals surface area contributed by atoms with E-state index in [0.717, 1.165) is 6.54 Å².